The molecule has 0 aliphatic rings. The van der Waals surface area contributed by atoms with E-state index >= 15 is 0 Å². The van der Waals surface area contributed by atoms with Crippen LogP contribution in [0.1, 0.15) is 73.1 Å². The van der Waals surface area contributed by atoms with E-state index < -0.39 is 0 Å². The molecule has 0 bridgehead atoms. The summed E-state index contributed by atoms with van der Waals surface area (Å²) in [6.45, 7) is 12.6. The summed E-state index contributed by atoms with van der Waals surface area (Å²) >= 11 is 0. The van der Waals surface area contributed by atoms with E-state index in [2.05, 4.69) is 39.9 Å². The average molecular weight is 300 g/mol. The van der Waals surface area contributed by atoms with Crippen LogP contribution in [0.2, 0.25) is 0 Å². The van der Waals surface area contributed by atoms with E-state index in [-0.39, 0.29) is 18.1 Å². The van der Waals surface area contributed by atoms with Crippen molar-refractivity contribution in [2.75, 3.05) is 19.7 Å². The van der Waals surface area contributed by atoms with Crippen molar-refractivity contribution in [3.63, 3.8) is 0 Å². The molecule has 0 aliphatic heterocycles. The summed E-state index contributed by atoms with van der Waals surface area (Å²) in [4.78, 5) is 11.2. The quantitative estimate of drug-likeness (QED) is 0.581. The molecule has 0 aromatic carbocycles. The molecule has 4 heteroatoms. The molecule has 126 valence electrons. The molecule has 0 unspecified atom stereocenters. The molecule has 0 spiro atoms. The van der Waals surface area contributed by atoms with Crippen molar-refractivity contribution in [3.05, 3.63) is 0 Å². The maximum absolute atomic E-state index is 11.2. The van der Waals surface area contributed by atoms with Crippen LogP contribution in [-0.2, 0) is 9.53 Å². The number of hydrogen-bond acceptors (Lipinski definition) is 3. The number of carbonyl (C=O) groups excluding carboxylic acids is 1. The molecule has 4 nitrogen and oxygen atoms in total. The second-order valence-corrected chi connectivity index (χ2v) is 6.31. The Bertz CT molecular complexity index is 285. The third-order valence-electron chi connectivity index (χ3n) is 5.20. The van der Waals surface area contributed by atoms with Crippen molar-refractivity contribution < 1.29 is 9.53 Å². The van der Waals surface area contributed by atoms with Crippen LogP contribution in [0.5, 0.6) is 0 Å². The largest absolute Gasteiger partial charge is 0.375 e. The van der Waals surface area contributed by atoms with Gasteiger partial charge in [0.2, 0.25) is 5.91 Å². The summed E-state index contributed by atoms with van der Waals surface area (Å²) < 4.78 is 6.26. The fourth-order valence-electron chi connectivity index (χ4n) is 2.50. The lowest BCUT2D eigenvalue weighted by molar-refractivity contribution is -0.120. The Morgan fingerprint density at radius 3 is 2.05 bits per heavy atom. The number of carbonyl (C=O) groups is 1. The van der Waals surface area contributed by atoms with Gasteiger partial charge in [0.25, 0.3) is 0 Å². The van der Waals surface area contributed by atoms with Crippen molar-refractivity contribution in [1.29, 1.82) is 0 Å². The molecule has 0 saturated carbocycles. The van der Waals surface area contributed by atoms with Crippen LogP contribution >= 0.6 is 0 Å². The fourth-order valence-corrected chi connectivity index (χ4v) is 2.50. The van der Waals surface area contributed by atoms with Crippen LogP contribution in [0.4, 0.5) is 0 Å². The molecule has 0 aliphatic carbocycles. The highest BCUT2D eigenvalue weighted by Gasteiger charge is 2.28. The highest BCUT2D eigenvalue weighted by molar-refractivity contribution is 5.77. The summed E-state index contributed by atoms with van der Waals surface area (Å²) in [5.41, 5.74) is 5.56. The topological polar surface area (TPSA) is 64.3 Å². The first-order valence-corrected chi connectivity index (χ1v) is 8.51. The Morgan fingerprint density at radius 1 is 1.05 bits per heavy atom. The van der Waals surface area contributed by atoms with E-state index in [0.29, 0.717) is 12.0 Å². The van der Waals surface area contributed by atoms with Crippen molar-refractivity contribution in [3.8, 4) is 0 Å². The van der Waals surface area contributed by atoms with Gasteiger partial charge in [-0.15, -0.1) is 0 Å². The molecule has 0 atom stereocenters. The van der Waals surface area contributed by atoms with Gasteiger partial charge < -0.3 is 15.8 Å². The van der Waals surface area contributed by atoms with E-state index in [1.165, 1.54) is 12.8 Å². The van der Waals surface area contributed by atoms with Crippen LogP contribution in [0.25, 0.3) is 0 Å². The van der Waals surface area contributed by atoms with Gasteiger partial charge >= 0.3 is 0 Å². The molecule has 1 amide bonds. The number of rotatable bonds is 12. The lowest BCUT2D eigenvalue weighted by atomic mass is 9.82. The predicted molar refractivity (Wildman–Crippen MR) is 89.3 cm³/mol. The zero-order chi connectivity index (χ0) is 16.4. The highest BCUT2D eigenvalue weighted by Crippen LogP contribution is 2.31. The van der Waals surface area contributed by atoms with Gasteiger partial charge in [0.15, 0.2) is 0 Å². The minimum absolute atomic E-state index is 0.0530. The summed E-state index contributed by atoms with van der Waals surface area (Å²) in [6.07, 6.45) is 6.25. The Morgan fingerprint density at radius 2 is 1.62 bits per heavy atom. The zero-order valence-electron chi connectivity index (χ0n) is 14.8. The molecule has 0 saturated heterocycles. The zero-order valence-corrected chi connectivity index (χ0v) is 14.8. The van der Waals surface area contributed by atoms with Gasteiger partial charge in [-0.3, -0.25) is 4.79 Å². The van der Waals surface area contributed by atoms with E-state index in [1.807, 2.05) is 0 Å². The molecule has 0 fully saturated rings. The van der Waals surface area contributed by atoms with Crippen molar-refractivity contribution in [2.45, 2.75) is 78.7 Å². The van der Waals surface area contributed by atoms with Gasteiger partial charge in [0.05, 0.1) is 12.1 Å². The van der Waals surface area contributed by atoms with Crippen LogP contribution in [0.3, 0.4) is 0 Å². The summed E-state index contributed by atoms with van der Waals surface area (Å²) in [7, 11) is 0. The van der Waals surface area contributed by atoms with E-state index in [1.54, 1.807) is 0 Å². The lowest BCUT2D eigenvalue weighted by Crippen LogP contribution is -2.39. The number of amides is 1. The Hall–Kier alpha value is -0.610. The standard InChI is InChI=1S/C17H36N2O2/c1-6-16(5,7-2)11-13-21-17(8-3,9-4)10-12-19-15(20)14-18/h6-14,18H2,1-5H3,(H,19,20). The molecule has 21 heavy (non-hydrogen) atoms. The fraction of sp³-hybridized carbons (Fsp3) is 0.941. The first-order valence-electron chi connectivity index (χ1n) is 8.51. The molecular formula is C17H36N2O2. The van der Waals surface area contributed by atoms with Crippen LogP contribution in [0.15, 0.2) is 0 Å². The summed E-state index contributed by atoms with van der Waals surface area (Å²) in [5, 5.41) is 2.84. The van der Waals surface area contributed by atoms with Gasteiger partial charge in [0.1, 0.15) is 0 Å². The Balaban J connectivity index is 4.36. The Labute approximate surface area is 131 Å². The number of nitrogens with two attached hydrogens (primary N) is 1. The van der Waals surface area contributed by atoms with Crippen LogP contribution in [0, 0.1) is 5.41 Å². The maximum atomic E-state index is 11.2. The van der Waals surface area contributed by atoms with Gasteiger partial charge in [-0.2, -0.15) is 0 Å². The first-order chi connectivity index (χ1) is 9.90. The maximum Gasteiger partial charge on any atom is 0.233 e. The predicted octanol–water partition coefficient (Wildman–Crippen LogP) is 3.24. The third-order valence-corrected chi connectivity index (χ3v) is 5.20. The molecule has 3 N–H and O–H groups in total. The number of hydrogen-bond donors (Lipinski definition) is 2. The average Bonchev–Trinajstić information content (AvgIpc) is 2.52. The smallest absolute Gasteiger partial charge is 0.233 e. The van der Waals surface area contributed by atoms with Gasteiger partial charge in [0, 0.05) is 13.2 Å². The van der Waals surface area contributed by atoms with Crippen LogP contribution in [-0.4, -0.2) is 31.2 Å². The SMILES string of the molecule is CCC(C)(CC)CCOC(CC)(CC)CCNC(=O)CN. The minimum Gasteiger partial charge on any atom is -0.375 e. The minimum atomic E-state index is -0.121. The van der Waals surface area contributed by atoms with Crippen molar-refractivity contribution >= 4 is 5.91 Å². The molecule has 0 radical (unpaired) electrons. The third kappa shape index (κ3) is 7.28. The molecule has 0 rings (SSSR count). The molecule has 0 heterocycles. The van der Waals surface area contributed by atoms with E-state index in [9.17, 15) is 4.79 Å². The van der Waals surface area contributed by atoms with Crippen LogP contribution < -0.4 is 11.1 Å². The summed E-state index contributed by atoms with van der Waals surface area (Å²) in [5.74, 6) is -0.0966. The summed E-state index contributed by atoms with van der Waals surface area (Å²) in [6, 6.07) is 0. The highest BCUT2D eigenvalue weighted by atomic mass is 16.5. The normalized spacial score (nSPS) is 12.5. The van der Waals surface area contributed by atoms with E-state index in [4.69, 9.17) is 10.5 Å². The molecule has 0 aromatic heterocycles. The second kappa shape index (κ2) is 10.2. The molecular weight excluding hydrogens is 264 g/mol. The first kappa shape index (κ1) is 20.4. The van der Waals surface area contributed by atoms with Crippen molar-refractivity contribution in [2.24, 2.45) is 11.1 Å². The number of nitrogens with one attached hydrogen (secondary N) is 1. The monoisotopic (exact) mass is 300 g/mol. The number of ether oxygens (including phenoxy) is 1. The van der Waals surface area contributed by atoms with Gasteiger partial charge in [-0.05, 0) is 31.1 Å². The van der Waals surface area contributed by atoms with Crippen molar-refractivity contribution in [1.82, 2.24) is 5.32 Å². The van der Waals surface area contributed by atoms with Gasteiger partial charge in [-0.25, -0.2) is 0 Å². The molecule has 0 aromatic rings. The Kier molecular flexibility index (Phi) is 9.88. The second-order valence-electron chi connectivity index (χ2n) is 6.31. The van der Waals surface area contributed by atoms with Gasteiger partial charge in [-0.1, -0.05) is 47.5 Å². The lowest BCUT2D eigenvalue weighted by Gasteiger charge is -2.34. The van der Waals surface area contributed by atoms with E-state index in [0.717, 1.165) is 32.3 Å².